The first-order valence-electron chi connectivity index (χ1n) is 18.7. The van der Waals surface area contributed by atoms with Gasteiger partial charge in [-0.2, -0.15) is 0 Å². The molecule has 270 valence electrons. The third-order valence-electron chi connectivity index (χ3n) is 10.1. The van der Waals surface area contributed by atoms with Gasteiger partial charge in [0.15, 0.2) is 23.3 Å². The maximum atomic E-state index is 6.73. The van der Waals surface area contributed by atoms with Crippen molar-refractivity contribution in [1.29, 1.82) is 0 Å². The molecule has 0 fully saturated rings. The summed E-state index contributed by atoms with van der Waals surface area (Å²) in [5.74, 6) is 2.44. The van der Waals surface area contributed by atoms with Crippen molar-refractivity contribution in [3.05, 3.63) is 182 Å². The number of hydrogen-bond acceptors (Lipinski definition) is 7. The van der Waals surface area contributed by atoms with Crippen LogP contribution in [0.2, 0.25) is 0 Å². The summed E-state index contributed by atoms with van der Waals surface area (Å²) in [6.07, 6.45) is 7.56. The van der Waals surface area contributed by atoms with Gasteiger partial charge in [0.2, 0.25) is 0 Å². The lowest BCUT2D eigenvalue weighted by Gasteiger charge is -2.10. The second-order valence-corrected chi connectivity index (χ2v) is 14.8. The quantitative estimate of drug-likeness (QED) is 0.144. The van der Waals surface area contributed by atoms with E-state index in [9.17, 15) is 0 Å². The molecule has 4 aromatic heterocycles. The summed E-state index contributed by atoms with van der Waals surface area (Å²) in [6.45, 7) is 5.81. The van der Waals surface area contributed by atoms with Gasteiger partial charge in [-0.25, -0.2) is 24.9 Å². The summed E-state index contributed by atoms with van der Waals surface area (Å²) in [4.78, 5) is 25.4. The summed E-state index contributed by atoms with van der Waals surface area (Å²) in [5, 5.41) is 3.06. The molecule has 0 saturated heterocycles. The normalized spacial score (nSPS) is 12.1. The van der Waals surface area contributed by atoms with E-state index in [0.29, 0.717) is 23.3 Å². The van der Waals surface area contributed by atoms with Crippen LogP contribution >= 0.6 is 11.3 Å². The zero-order valence-electron chi connectivity index (χ0n) is 30.9. The highest BCUT2D eigenvalue weighted by Crippen LogP contribution is 2.43. The standard InChI is InChI=1S/C50H33N5OS/c1-3-4-7-16-31(2)47-53-49(35-22-14-21-34(29-35)32-17-8-5-9-18-32)55-50(54-47)36-27-28-41-40(30-36)37-24-15-25-39(45(37)56-41)44-46-43(38-23-12-13-26-42(38)57-46)51-48(52-44)33-19-10-6-11-20-33/h3-30H,1H2,2H3/b7-4-,31-16+. The Morgan fingerprint density at radius 2 is 1.23 bits per heavy atom. The maximum Gasteiger partial charge on any atom is 0.164 e. The summed E-state index contributed by atoms with van der Waals surface area (Å²) in [5.41, 5.74) is 10.1. The number of benzene rings is 6. The lowest BCUT2D eigenvalue weighted by Crippen LogP contribution is -2.02. The van der Waals surface area contributed by atoms with E-state index in [2.05, 4.69) is 91.5 Å². The molecule has 10 rings (SSSR count). The van der Waals surface area contributed by atoms with Crippen molar-refractivity contribution < 1.29 is 4.42 Å². The Labute approximate surface area is 332 Å². The highest BCUT2D eigenvalue weighted by Gasteiger charge is 2.21. The van der Waals surface area contributed by atoms with Gasteiger partial charge in [0.1, 0.15) is 11.2 Å². The summed E-state index contributed by atoms with van der Waals surface area (Å²) < 4.78 is 8.92. The number of hydrogen-bond donors (Lipinski definition) is 0. The fourth-order valence-electron chi connectivity index (χ4n) is 7.25. The number of aromatic nitrogens is 5. The first kappa shape index (κ1) is 34.2. The molecule has 4 heterocycles. The van der Waals surface area contributed by atoms with Crippen molar-refractivity contribution in [2.45, 2.75) is 6.92 Å². The van der Waals surface area contributed by atoms with E-state index in [-0.39, 0.29) is 0 Å². The van der Waals surface area contributed by atoms with Crippen molar-refractivity contribution in [2.75, 3.05) is 0 Å². The molecular weight excluding hydrogens is 719 g/mol. The van der Waals surface area contributed by atoms with E-state index in [0.717, 1.165) is 82.2 Å². The first-order valence-corrected chi connectivity index (χ1v) is 19.5. The minimum Gasteiger partial charge on any atom is -0.455 e. The fourth-order valence-corrected chi connectivity index (χ4v) is 8.39. The molecule has 0 atom stereocenters. The predicted octanol–water partition coefficient (Wildman–Crippen LogP) is 13.4. The Hall–Kier alpha value is -7.35. The van der Waals surface area contributed by atoms with Gasteiger partial charge in [-0.1, -0.05) is 140 Å². The Balaban J connectivity index is 1.14. The number of furan rings is 1. The summed E-state index contributed by atoms with van der Waals surface area (Å²) in [7, 11) is 0. The Morgan fingerprint density at radius 1 is 0.561 bits per heavy atom. The molecule has 0 amide bonds. The molecule has 0 aliphatic carbocycles. The molecule has 0 radical (unpaired) electrons. The van der Waals surface area contributed by atoms with Crippen LogP contribution in [-0.4, -0.2) is 24.9 Å². The average molecular weight is 752 g/mol. The molecule has 57 heavy (non-hydrogen) atoms. The van der Waals surface area contributed by atoms with Crippen LogP contribution in [0.3, 0.4) is 0 Å². The number of allylic oxidation sites excluding steroid dienone is 5. The van der Waals surface area contributed by atoms with Gasteiger partial charge in [0.25, 0.3) is 0 Å². The maximum absolute atomic E-state index is 6.73. The molecular formula is C50H33N5OS. The molecule has 0 bridgehead atoms. The predicted molar refractivity (Wildman–Crippen MR) is 236 cm³/mol. The second-order valence-electron chi connectivity index (χ2n) is 13.8. The zero-order chi connectivity index (χ0) is 38.3. The second kappa shape index (κ2) is 14.4. The minimum atomic E-state index is 0.572. The van der Waals surface area contributed by atoms with Crippen molar-refractivity contribution in [2.24, 2.45) is 0 Å². The van der Waals surface area contributed by atoms with Gasteiger partial charge < -0.3 is 4.42 Å². The van der Waals surface area contributed by atoms with Crippen molar-refractivity contribution in [1.82, 2.24) is 24.9 Å². The molecule has 6 aromatic carbocycles. The molecule has 0 spiro atoms. The molecule has 0 unspecified atom stereocenters. The molecule has 10 aromatic rings. The van der Waals surface area contributed by atoms with Crippen LogP contribution < -0.4 is 0 Å². The minimum absolute atomic E-state index is 0.572. The molecule has 0 aliphatic heterocycles. The van der Waals surface area contributed by atoms with Crippen LogP contribution in [0.5, 0.6) is 0 Å². The van der Waals surface area contributed by atoms with Gasteiger partial charge in [-0.05, 0) is 60.0 Å². The molecule has 0 N–H and O–H groups in total. The van der Waals surface area contributed by atoms with Crippen LogP contribution in [0, 0.1) is 0 Å². The average Bonchev–Trinajstić information content (AvgIpc) is 3.85. The Bertz CT molecular complexity index is 3220. The molecule has 0 saturated carbocycles. The van der Waals surface area contributed by atoms with Gasteiger partial charge >= 0.3 is 0 Å². The first-order chi connectivity index (χ1) is 28.1. The Morgan fingerprint density at radius 3 is 2.04 bits per heavy atom. The van der Waals surface area contributed by atoms with E-state index in [1.54, 1.807) is 17.4 Å². The smallest absolute Gasteiger partial charge is 0.164 e. The SMILES string of the molecule is C=C/C=C\C=C(/C)c1nc(-c2cccc(-c3ccccc3)c2)nc(-c2ccc3oc4c(-c5nc(-c6ccccc6)nc6c5sc5ccccc56)cccc4c3c2)n1. The van der Waals surface area contributed by atoms with E-state index in [4.69, 9.17) is 29.3 Å². The van der Waals surface area contributed by atoms with Crippen LogP contribution in [-0.2, 0) is 0 Å². The van der Waals surface area contributed by atoms with Crippen molar-refractivity contribution >= 4 is 59.2 Å². The third-order valence-corrected chi connectivity index (χ3v) is 11.2. The van der Waals surface area contributed by atoms with E-state index in [1.807, 2.05) is 85.8 Å². The Kier molecular flexibility index (Phi) is 8.62. The van der Waals surface area contributed by atoms with Crippen molar-refractivity contribution in [3.8, 4) is 56.5 Å². The van der Waals surface area contributed by atoms with Gasteiger partial charge in [-0.3, -0.25) is 0 Å². The zero-order valence-corrected chi connectivity index (χ0v) is 31.7. The van der Waals surface area contributed by atoms with Gasteiger partial charge in [0.05, 0.1) is 15.9 Å². The number of thiophene rings is 1. The third kappa shape index (κ3) is 6.30. The number of nitrogens with zero attached hydrogens (tertiary/aromatic N) is 5. The van der Waals surface area contributed by atoms with Crippen LogP contribution in [0.1, 0.15) is 12.7 Å². The van der Waals surface area contributed by atoms with Crippen molar-refractivity contribution in [3.63, 3.8) is 0 Å². The fraction of sp³-hybridized carbons (Fsp3) is 0.0200. The van der Waals surface area contributed by atoms with Gasteiger partial charge in [0, 0.05) is 43.1 Å². The highest BCUT2D eigenvalue weighted by atomic mass is 32.1. The van der Waals surface area contributed by atoms with Gasteiger partial charge in [-0.15, -0.1) is 11.3 Å². The van der Waals surface area contributed by atoms with E-state index in [1.165, 1.54) is 4.70 Å². The van der Waals surface area contributed by atoms with Crippen LogP contribution in [0.4, 0.5) is 0 Å². The molecule has 0 aliphatic rings. The summed E-state index contributed by atoms with van der Waals surface area (Å²) in [6, 6.07) is 49.6. The largest absolute Gasteiger partial charge is 0.455 e. The number of fused-ring (bicyclic) bond motifs is 6. The lowest BCUT2D eigenvalue weighted by molar-refractivity contribution is 0.670. The van der Waals surface area contributed by atoms with Crippen LogP contribution in [0.25, 0.3) is 104 Å². The van der Waals surface area contributed by atoms with E-state index >= 15 is 0 Å². The van der Waals surface area contributed by atoms with Crippen LogP contribution in [0.15, 0.2) is 181 Å². The molecule has 6 nitrogen and oxygen atoms in total. The monoisotopic (exact) mass is 751 g/mol. The molecule has 7 heteroatoms. The lowest BCUT2D eigenvalue weighted by atomic mass is 10.0. The summed E-state index contributed by atoms with van der Waals surface area (Å²) >= 11 is 1.71. The van der Waals surface area contributed by atoms with E-state index < -0.39 is 0 Å². The highest BCUT2D eigenvalue weighted by molar-refractivity contribution is 7.26. The number of para-hydroxylation sites is 1. The number of rotatable bonds is 8. The topological polar surface area (TPSA) is 77.6 Å².